The molecular formula is C68H40N2S. The van der Waals surface area contributed by atoms with E-state index < -0.39 is 0 Å². The summed E-state index contributed by atoms with van der Waals surface area (Å²) in [5.74, 6) is 0.708. The van der Waals surface area contributed by atoms with Crippen LogP contribution in [-0.2, 0) is 0 Å². The van der Waals surface area contributed by atoms with Gasteiger partial charge in [-0.05, 0) is 128 Å². The van der Waals surface area contributed by atoms with E-state index in [0.29, 0.717) is 5.82 Å². The molecule has 0 unspecified atom stereocenters. The van der Waals surface area contributed by atoms with Crippen LogP contribution in [0.2, 0.25) is 0 Å². The maximum atomic E-state index is 5.41. The van der Waals surface area contributed by atoms with E-state index in [9.17, 15) is 0 Å². The Balaban J connectivity index is 0.988. The van der Waals surface area contributed by atoms with Crippen molar-refractivity contribution >= 4 is 107 Å². The molecule has 2 nitrogen and oxygen atoms in total. The molecule has 0 bridgehead atoms. The van der Waals surface area contributed by atoms with E-state index in [-0.39, 0.29) is 0 Å². The van der Waals surface area contributed by atoms with Gasteiger partial charge in [-0.2, -0.15) is 0 Å². The average molecular weight is 917 g/mol. The zero-order chi connectivity index (χ0) is 46.6. The molecule has 0 aliphatic heterocycles. The lowest BCUT2D eigenvalue weighted by atomic mass is 9.81. The molecule has 328 valence electrons. The molecule has 0 amide bonds. The lowest BCUT2D eigenvalue weighted by Crippen LogP contribution is -1.99. The molecule has 71 heavy (non-hydrogen) atoms. The Hall–Kier alpha value is -9.02. The van der Waals surface area contributed by atoms with Gasteiger partial charge in [0.1, 0.15) is 0 Å². The monoisotopic (exact) mass is 916 g/mol. The molecule has 0 fully saturated rings. The van der Waals surface area contributed by atoms with Crippen LogP contribution in [0.5, 0.6) is 0 Å². The SMILES string of the molecule is c1ccc(-c2cc(-c3ccccc3)nc(-c3c4ccccc4c(-c4c5ccccc5c(-c5ccc6sc7cc8c9ccccc9c9ccccc9c8cc7c6c5)c5ccccc45)c4ccccc34)n2)cc1. The van der Waals surface area contributed by atoms with E-state index in [2.05, 4.69) is 243 Å². The molecule has 0 aliphatic carbocycles. The Labute approximate surface area is 413 Å². The summed E-state index contributed by atoms with van der Waals surface area (Å²) in [6.07, 6.45) is 0. The molecule has 0 aliphatic rings. The van der Waals surface area contributed by atoms with Crippen LogP contribution in [0.3, 0.4) is 0 Å². The highest BCUT2D eigenvalue weighted by atomic mass is 32.1. The quantitative estimate of drug-likeness (QED) is 0.127. The Morgan fingerprint density at radius 1 is 0.211 bits per heavy atom. The number of aromatic nitrogens is 2. The van der Waals surface area contributed by atoms with E-state index in [4.69, 9.17) is 9.97 Å². The third kappa shape index (κ3) is 6.13. The minimum atomic E-state index is 0.708. The number of thiophene rings is 1. The van der Waals surface area contributed by atoms with E-state index in [1.165, 1.54) is 96.3 Å². The van der Waals surface area contributed by atoms with Crippen molar-refractivity contribution < 1.29 is 0 Å². The zero-order valence-corrected chi connectivity index (χ0v) is 39.2. The molecule has 13 aromatic carbocycles. The van der Waals surface area contributed by atoms with Gasteiger partial charge in [0.25, 0.3) is 0 Å². The van der Waals surface area contributed by atoms with Gasteiger partial charge in [-0.1, -0.05) is 212 Å². The average Bonchev–Trinajstić information content (AvgIpc) is 3.81. The van der Waals surface area contributed by atoms with Crippen LogP contribution in [0.1, 0.15) is 0 Å². The molecule has 0 spiro atoms. The van der Waals surface area contributed by atoms with Crippen LogP contribution in [0.4, 0.5) is 0 Å². The molecular weight excluding hydrogens is 877 g/mol. The second-order valence-corrected chi connectivity index (χ2v) is 19.8. The Bertz CT molecular complexity index is 4520. The maximum absolute atomic E-state index is 5.41. The number of benzene rings is 13. The van der Waals surface area contributed by atoms with Gasteiger partial charge in [0, 0.05) is 36.9 Å². The van der Waals surface area contributed by atoms with Crippen LogP contribution in [0, 0.1) is 0 Å². The predicted octanol–water partition coefficient (Wildman–Crippen LogP) is 19.3. The Morgan fingerprint density at radius 2 is 0.563 bits per heavy atom. The van der Waals surface area contributed by atoms with Crippen molar-refractivity contribution in [1.29, 1.82) is 0 Å². The number of fused-ring (bicyclic) bond motifs is 13. The van der Waals surface area contributed by atoms with Crippen molar-refractivity contribution in [2.24, 2.45) is 0 Å². The van der Waals surface area contributed by atoms with Gasteiger partial charge in [0.15, 0.2) is 5.82 Å². The lowest BCUT2D eigenvalue weighted by molar-refractivity contribution is 1.19. The standard InChI is InChI=1S/C68H40N2S/c1-3-19-41(20-4-1)60-40-61(42-21-5-2-6-22-42)70-68(69-60)67-54-33-17-15-31-52(54)66(53-32-16-18-34-55(53)67)65-50-29-13-11-27-48(50)64(49-28-12-14-30-51(49)65)43-35-36-62-58(37-43)59-38-56-46-25-9-7-23-44(46)45-24-8-10-26-47(45)57(56)39-63(59)71-62/h1-40H. The lowest BCUT2D eigenvalue weighted by Gasteiger charge is -2.22. The van der Waals surface area contributed by atoms with Gasteiger partial charge in [-0.15, -0.1) is 11.3 Å². The fourth-order valence-electron chi connectivity index (χ4n) is 11.7. The molecule has 2 heterocycles. The molecule has 2 aromatic heterocycles. The van der Waals surface area contributed by atoms with E-state index >= 15 is 0 Å². The van der Waals surface area contributed by atoms with Crippen LogP contribution in [0.15, 0.2) is 243 Å². The van der Waals surface area contributed by atoms with Gasteiger partial charge in [-0.25, -0.2) is 9.97 Å². The molecule has 0 atom stereocenters. The van der Waals surface area contributed by atoms with Crippen LogP contribution >= 0.6 is 11.3 Å². The molecule has 0 saturated carbocycles. The summed E-state index contributed by atoms with van der Waals surface area (Å²) < 4.78 is 2.61. The summed E-state index contributed by atoms with van der Waals surface area (Å²) in [6, 6.07) is 88.8. The smallest absolute Gasteiger partial charge is 0.161 e. The summed E-state index contributed by atoms with van der Waals surface area (Å²) in [6.45, 7) is 0. The van der Waals surface area contributed by atoms with E-state index in [1.807, 2.05) is 11.3 Å². The van der Waals surface area contributed by atoms with E-state index in [1.54, 1.807) is 0 Å². The zero-order valence-electron chi connectivity index (χ0n) is 38.4. The summed E-state index contributed by atoms with van der Waals surface area (Å²) in [5.41, 5.74) is 9.84. The van der Waals surface area contributed by atoms with Crippen LogP contribution in [-0.4, -0.2) is 9.97 Å². The normalized spacial score (nSPS) is 11.9. The van der Waals surface area contributed by atoms with Gasteiger partial charge in [-0.3, -0.25) is 0 Å². The fourth-order valence-corrected chi connectivity index (χ4v) is 12.9. The van der Waals surface area contributed by atoms with Crippen LogP contribution in [0.25, 0.3) is 152 Å². The maximum Gasteiger partial charge on any atom is 0.161 e. The molecule has 3 heteroatoms. The minimum absolute atomic E-state index is 0.708. The molecule has 0 saturated heterocycles. The Morgan fingerprint density at radius 3 is 1.01 bits per heavy atom. The summed E-state index contributed by atoms with van der Waals surface area (Å²) in [4.78, 5) is 10.8. The second-order valence-electron chi connectivity index (χ2n) is 18.7. The van der Waals surface area contributed by atoms with Gasteiger partial charge < -0.3 is 0 Å². The second kappa shape index (κ2) is 15.8. The van der Waals surface area contributed by atoms with E-state index in [0.717, 1.165) is 49.6 Å². The van der Waals surface area contributed by atoms with Crippen molar-refractivity contribution in [2.45, 2.75) is 0 Å². The fraction of sp³-hybridized carbons (Fsp3) is 0. The number of hydrogen-bond donors (Lipinski definition) is 0. The summed E-state index contributed by atoms with van der Waals surface area (Å²) >= 11 is 1.89. The molecule has 15 aromatic rings. The third-order valence-corrected chi connectivity index (χ3v) is 16.0. The van der Waals surface area contributed by atoms with Gasteiger partial charge in [0.2, 0.25) is 0 Å². The summed E-state index contributed by atoms with van der Waals surface area (Å²) in [7, 11) is 0. The van der Waals surface area contributed by atoms with Crippen molar-refractivity contribution in [3.8, 4) is 56.2 Å². The first kappa shape index (κ1) is 39.9. The van der Waals surface area contributed by atoms with Gasteiger partial charge in [0.05, 0.1) is 11.4 Å². The third-order valence-electron chi connectivity index (χ3n) is 14.8. The minimum Gasteiger partial charge on any atom is -0.228 e. The van der Waals surface area contributed by atoms with Crippen molar-refractivity contribution in [3.05, 3.63) is 243 Å². The van der Waals surface area contributed by atoms with Crippen molar-refractivity contribution in [1.82, 2.24) is 9.97 Å². The predicted molar refractivity (Wildman–Crippen MR) is 305 cm³/mol. The van der Waals surface area contributed by atoms with Crippen LogP contribution < -0.4 is 0 Å². The van der Waals surface area contributed by atoms with Crippen molar-refractivity contribution in [3.63, 3.8) is 0 Å². The molecule has 0 radical (unpaired) electrons. The van der Waals surface area contributed by atoms with Gasteiger partial charge >= 0.3 is 0 Å². The number of nitrogens with zero attached hydrogens (tertiary/aromatic N) is 2. The first-order valence-corrected chi connectivity index (χ1v) is 25.1. The number of rotatable bonds is 5. The summed E-state index contributed by atoms with van der Waals surface area (Å²) in [5, 5.41) is 19.9. The number of hydrogen-bond acceptors (Lipinski definition) is 3. The topological polar surface area (TPSA) is 25.8 Å². The first-order valence-electron chi connectivity index (χ1n) is 24.3. The van der Waals surface area contributed by atoms with Crippen molar-refractivity contribution in [2.75, 3.05) is 0 Å². The highest BCUT2D eigenvalue weighted by Crippen LogP contribution is 2.51. The highest BCUT2D eigenvalue weighted by molar-refractivity contribution is 7.25. The molecule has 15 rings (SSSR count). The largest absolute Gasteiger partial charge is 0.228 e. The molecule has 0 N–H and O–H groups in total. The first-order chi connectivity index (χ1) is 35.2. The Kier molecular flexibility index (Phi) is 8.86. The highest BCUT2D eigenvalue weighted by Gasteiger charge is 2.24.